The topological polar surface area (TPSA) is 50.2 Å². The average Bonchev–Trinajstić information content (AvgIpc) is 3.26. The van der Waals surface area contributed by atoms with Crippen molar-refractivity contribution in [2.45, 2.75) is 32.2 Å². The van der Waals surface area contributed by atoms with Crippen molar-refractivity contribution in [2.75, 3.05) is 19.6 Å². The molecule has 1 aromatic heterocycles. The van der Waals surface area contributed by atoms with Crippen LogP contribution in [-0.2, 0) is 13.6 Å². The Hall–Kier alpha value is -2.14. The van der Waals surface area contributed by atoms with E-state index in [1.54, 1.807) is 6.20 Å². The highest BCUT2D eigenvalue weighted by molar-refractivity contribution is 5.94. The molecule has 0 spiro atoms. The van der Waals surface area contributed by atoms with Crippen molar-refractivity contribution in [1.29, 1.82) is 0 Å². The second kappa shape index (κ2) is 7.62. The normalized spacial score (nSPS) is 17.2. The first kappa shape index (κ1) is 16.7. The molecule has 0 saturated carbocycles. The van der Waals surface area contributed by atoms with Gasteiger partial charge >= 0.3 is 0 Å². The van der Waals surface area contributed by atoms with Crippen LogP contribution in [0.15, 0.2) is 36.7 Å². The molecule has 1 aliphatic rings. The van der Waals surface area contributed by atoms with Gasteiger partial charge in [-0.25, -0.2) is 4.98 Å². The molecule has 0 radical (unpaired) electrons. The van der Waals surface area contributed by atoms with Crippen molar-refractivity contribution in [3.05, 3.63) is 53.6 Å². The SMILES string of the molecule is CCCN(Cc1nccn1C)C(=O)c1cccc(C2CCNC2)c1. The van der Waals surface area contributed by atoms with Gasteiger partial charge in [-0.3, -0.25) is 4.79 Å². The van der Waals surface area contributed by atoms with Gasteiger partial charge in [0, 0.05) is 38.1 Å². The summed E-state index contributed by atoms with van der Waals surface area (Å²) in [5, 5.41) is 3.39. The van der Waals surface area contributed by atoms with E-state index in [2.05, 4.69) is 29.4 Å². The highest BCUT2D eigenvalue weighted by atomic mass is 16.2. The molecule has 5 nitrogen and oxygen atoms in total. The van der Waals surface area contributed by atoms with E-state index in [4.69, 9.17) is 0 Å². The number of benzene rings is 1. The third kappa shape index (κ3) is 3.67. The summed E-state index contributed by atoms with van der Waals surface area (Å²) < 4.78 is 1.97. The summed E-state index contributed by atoms with van der Waals surface area (Å²) in [5.41, 5.74) is 2.04. The Balaban J connectivity index is 1.79. The van der Waals surface area contributed by atoms with E-state index < -0.39 is 0 Å². The van der Waals surface area contributed by atoms with Gasteiger partial charge in [-0.2, -0.15) is 0 Å². The number of carbonyl (C=O) groups is 1. The zero-order valence-electron chi connectivity index (χ0n) is 14.5. The number of imidazole rings is 1. The lowest BCUT2D eigenvalue weighted by Crippen LogP contribution is -2.32. The Bertz CT molecular complexity index is 688. The summed E-state index contributed by atoms with van der Waals surface area (Å²) in [5.74, 6) is 1.52. The van der Waals surface area contributed by atoms with Crippen LogP contribution in [0.2, 0.25) is 0 Å². The Morgan fingerprint density at radius 1 is 1.46 bits per heavy atom. The number of nitrogens with zero attached hydrogens (tertiary/aromatic N) is 3. The van der Waals surface area contributed by atoms with E-state index in [-0.39, 0.29) is 5.91 Å². The lowest BCUT2D eigenvalue weighted by molar-refractivity contribution is 0.0737. The maximum Gasteiger partial charge on any atom is 0.254 e. The quantitative estimate of drug-likeness (QED) is 0.887. The molecule has 24 heavy (non-hydrogen) atoms. The highest BCUT2D eigenvalue weighted by Crippen LogP contribution is 2.23. The molecule has 1 unspecified atom stereocenters. The van der Waals surface area contributed by atoms with Gasteiger partial charge in [0.15, 0.2) is 0 Å². The molecule has 1 aliphatic heterocycles. The molecule has 1 saturated heterocycles. The lowest BCUT2D eigenvalue weighted by Gasteiger charge is -2.22. The Morgan fingerprint density at radius 2 is 2.33 bits per heavy atom. The predicted molar refractivity (Wildman–Crippen MR) is 94.9 cm³/mol. The Morgan fingerprint density at radius 3 is 3.00 bits per heavy atom. The number of carbonyl (C=O) groups excluding carboxylic acids is 1. The molecular weight excluding hydrogens is 300 g/mol. The Labute approximate surface area is 143 Å². The molecular formula is C19H26N4O. The standard InChI is InChI=1S/C19H26N4O/c1-3-10-23(14-18-21-9-11-22(18)2)19(24)16-6-4-5-15(12-16)17-7-8-20-13-17/h4-6,9,11-12,17,20H,3,7-8,10,13-14H2,1-2H3. The van der Waals surface area contributed by atoms with Gasteiger partial charge in [-0.1, -0.05) is 19.1 Å². The lowest BCUT2D eigenvalue weighted by atomic mass is 9.96. The van der Waals surface area contributed by atoms with Gasteiger partial charge in [0.2, 0.25) is 0 Å². The van der Waals surface area contributed by atoms with Crippen molar-refractivity contribution in [1.82, 2.24) is 19.8 Å². The number of rotatable bonds is 6. The van der Waals surface area contributed by atoms with E-state index in [1.165, 1.54) is 5.56 Å². The van der Waals surface area contributed by atoms with Crippen LogP contribution in [0.3, 0.4) is 0 Å². The molecule has 1 aromatic carbocycles. The van der Waals surface area contributed by atoms with Gasteiger partial charge in [-0.05, 0) is 43.0 Å². The van der Waals surface area contributed by atoms with Crippen molar-refractivity contribution in [3.8, 4) is 0 Å². The molecule has 1 amide bonds. The minimum Gasteiger partial charge on any atom is -0.337 e. The molecule has 0 bridgehead atoms. The largest absolute Gasteiger partial charge is 0.337 e. The number of amides is 1. The Kier molecular flexibility index (Phi) is 5.30. The molecule has 3 rings (SSSR count). The first-order chi connectivity index (χ1) is 11.7. The molecule has 1 fully saturated rings. The first-order valence-electron chi connectivity index (χ1n) is 8.75. The fourth-order valence-electron chi connectivity index (χ4n) is 3.29. The maximum absolute atomic E-state index is 13.0. The second-order valence-electron chi connectivity index (χ2n) is 6.50. The minimum absolute atomic E-state index is 0.0904. The first-order valence-corrected chi connectivity index (χ1v) is 8.75. The van der Waals surface area contributed by atoms with Gasteiger partial charge in [-0.15, -0.1) is 0 Å². The van der Waals surface area contributed by atoms with E-state index in [0.29, 0.717) is 12.5 Å². The molecule has 5 heteroatoms. The summed E-state index contributed by atoms with van der Waals surface area (Å²) in [4.78, 5) is 19.3. The molecule has 1 atom stereocenters. The fourth-order valence-corrected chi connectivity index (χ4v) is 3.29. The van der Waals surface area contributed by atoms with Crippen molar-refractivity contribution in [2.24, 2.45) is 7.05 Å². The van der Waals surface area contributed by atoms with Gasteiger partial charge < -0.3 is 14.8 Å². The van der Waals surface area contributed by atoms with Crippen LogP contribution in [0.5, 0.6) is 0 Å². The van der Waals surface area contributed by atoms with Crippen LogP contribution in [0.1, 0.15) is 47.4 Å². The number of nitrogens with one attached hydrogen (secondary N) is 1. The van der Waals surface area contributed by atoms with Gasteiger partial charge in [0.05, 0.1) is 6.54 Å². The molecule has 2 aromatic rings. The maximum atomic E-state index is 13.0. The zero-order valence-corrected chi connectivity index (χ0v) is 14.5. The summed E-state index contributed by atoms with van der Waals surface area (Å²) >= 11 is 0. The van der Waals surface area contributed by atoms with Crippen LogP contribution in [-0.4, -0.2) is 40.0 Å². The molecule has 2 heterocycles. The molecule has 1 N–H and O–H groups in total. The predicted octanol–water partition coefficient (Wildman–Crippen LogP) is 2.55. The van der Waals surface area contributed by atoms with Gasteiger partial charge in [0.1, 0.15) is 5.82 Å². The number of aromatic nitrogens is 2. The van der Waals surface area contributed by atoms with Crippen molar-refractivity contribution in [3.63, 3.8) is 0 Å². The molecule has 0 aliphatic carbocycles. The number of hydrogen-bond acceptors (Lipinski definition) is 3. The summed E-state index contributed by atoms with van der Waals surface area (Å²) in [7, 11) is 1.96. The van der Waals surface area contributed by atoms with Gasteiger partial charge in [0.25, 0.3) is 5.91 Å². The monoisotopic (exact) mass is 326 g/mol. The number of aryl methyl sites for hydroxylation is 1. The smallest absolute Gasteiger partial charge is 0.254 e. The average molecular weight is 326 g/mol. The van der Waals surface area contributed by atoms with E-state index >= 15 is 0 Å². The van der Waals surface area contributed by atoms with Crippen molar-refractivity contribution >= 4 is 5.91 Å². The van der Waals surface area contributed by atoms with Crippen LogP contribution in [0.4, 0.5) is 0 Å². The highest BCUT2D eigenvalue weighted by Gasteiger charge is 2.20. The van der Waals surface area contributed by atoms with Crippen molar-refractivity contribution < 1.29 is 4.79 Å². The summed E-state index contributed by atoms with van der Waals surface area (Å²) in [6, 6.07) is 8.14. The summed E-state index contributed by atoms with van der Waals surface area (Å²) in [6.07, 6.45) is 5.77. The fraction of sp³-hybridized carbons (Fsp3) is 0.474. The van der Waals surface area contributed by atoms with Crippen LogP contribution in [0, 0.1) is 0 Å². The third-order valence-electron chi connectivity index (χ3n) is 4.70. The van der Waals surface area contributed by atoms with E-state index in [1.807, 2.05) is 34.8 Å². The second-order valence-corrected chi connectivity index (χ2v) is 6.50. The zero-order chi connectivity index (χ0) is 16.9. The summed E-state index contributed by atoms with van der Waals surface area (Å²) in [6.45, 7) is 5.44. The van der Waals surface area contributed by atoms with Crippen LogP contribution < -0.4 is 5.32 Å². The van der Waals surface area contributed by atoms with E-state index in [0.717, 1.165) is 43.9 Å². The van der Waals surface area contributed by atoms with Crippen LogP contribution in [0.25, 0.3) is 0 Å². The number of hydrogen-bond donors (Lipinski definition) is 1. The van der Waals surface area contributed by atoms with E-state index in [9.17, 15) is 4.79 Å². The third-order valence-corrected chi connectivity index (χ3v) is 4.70. The molecule has 128 valence electrons. The minimum atomic E-state index is 0.0904. The van der Waals surface area contributed by atoms with Crippen LogP contribution >= 0.6 is 0 Å².